The Hall–Kier alpha value is -1.06. The number of halogens is 2. The van der Waals surface area contributed by atoms with Gasteiger partial charge in [-0.25, -0.2) is 4.98 Å². The van der Waals surface area contributed by atoms with Gasteiger partial charge < -0.3 is 4.74 Å². The van der Waals surface area contributed by atoms with Crippen molar-refractivity contribution in [1.29, 1.82) is 0 Å². The van der Waals surface area contributed by atoms with Gasteiger partial charge >= 0.3 is 0 Å². The summed E-state index contributed by atoms with van der Waals surface area (Å²) in [5.74, 6) is 1.31. The van der Waals surface area contributed by atoms with Crippen molar-refractivity contribution in [1.82, 2.24) is 4.98 Å². The van der Waals surface area contributed by atoms with Crippen LogP contribution in [-0.2, 0) is 0 Å². The number of ether oxygens (including phenoxy) is 1. The van der Waals surface area contributed by atoms with Crippen molar-refractivity contribution in [3.8, 4) is 11.6 Å². The molecule has 0 saturated heterocycles. The molecule has 0 N–H and O–H groups in total. The number of hydrogen-bond donors (Lipinski definition) is 0. The molecule has 88 valence electrons. The van der Waals surface area contributed by atoms with Crippen LogP contribution in [0, 0.1) is 13.8 Å². The monoisotopic (exact) mass is 311 g/mol. The van der Waals surface area contributed by atoms with Gasteiger partial charge in [0, 0.05) is 21.8 Å². The molecule has 4 heteroatoms. The maximum absolute atomic E-state index is 6.10. The maximum Gasteiger partial charge on any atom is 0.219 e. The normalized spacial score (nSPS) is 10.4. The molecule has 2 aromatic rings. The van der Waals surface area contributed by atoms with Crippen molar-refractivity contribution in [3.05, 3.63) is 51.1 Å². The summed E-state index contributed by atoms with van der Waals surface area (Å²) in [5, 5.41) is 0.779. The number of aromatic nitrogens is 1. The third kappa shape index (κ3) is 2.99. The van der Waals surface area contributed by atoms with Gasteiger partial charge in [0.15, 0.2) is 0 Å². The molecule has 0 amide bonds. The van der Waals surface area contributed by atoms with Gasteiger partial charge in [0.1, 0.15) is 5.75 Å². The maximum atomic E-state index is 6.10. The van der Waals surface area contributed by atoms with E-state index in [-0.39, 0.29) is 0 Å². The largest absolute Gasteiger partial charge is 0.439 e. The van der Waals surface area contributed by atoms with Gasteiger partial charge in [0.25, 0.3) is 0 Å². The molecule has 1 aromatic heterocycles. The van der Waals surface area contributed by atoms with E-state index in [0.29, 0.717) is 5.88 Å². The van der Waals surface area contributed by atoms with E-state index in [1.54, 1.807) is 6.20 Å². The molecule has 17 heavy (non-hydrogen) atoms. The summed E-state index contributed by atoms with van der Waals surface area (Å²) in [6.07, 6.45) is 1.70. The molecule has 0 saturated carbocycles. The quantitative estimate of drug-likeness (QED) is 0.786. The first-order valence-electron chi connectivity index (χ1n) is 5.12. The summed E-state index contributed by atoms with van der Waals surface area (Å²) in [4.78, 5) is 4.15. The highest BCUT2D eigenvalue weighted by atomic mass is 79.9. The highest BCUT2D eigenvalue weighted by molar-refractivity contribution is 9.10. The molecule has 2 nitrogen and oxygen atoms in total. The number of aryl methyl sites for hydroxylation is 2. The molecule has 0 radical (unpaired) electrons. The second-order valence-corrected chi connectivity index (χ2v) is 5.08. The van der Waals surface area contributed by atoms with E-state index >= 15 is 0 Å². The fraction of sp³-hybridized carbons (Fsp3) is 0.154. The van der Waals surface area contributed by atoms with Crippen molar-refractivity contribution in [2.45, 2.75) is 13.8 Å². The first-order chi connectivity index (χ1) is 8.06. The Kier molecular flexibility index (Phi) is 3.69. The zero-order chi connectivity index (χ0) is 12.4. The lowest BCUT2D eigenvalue weighted by molar-refractivity contribution is 0.462. The van der Waals surface area contributed by atoms with Crippen LogP contribution in [0.5, 0.6) is 11.6 Å². The first-order valence-corrected chi connectivity index (χ1v) is 6.29. The van der Waals surface area contributed by atoms with Gasteiger partial charge in [0.05, 0.1) is 0 Å². The van der Waals surface area contributed by atoms with E-state index in [0.717, 1.165) is 26.4 Å². The third-order valence-electron chi connectivity index (χ3n) is 2.33. The second-order valence-electron chi connectivity index (χ2n) is 3.79. The van der Waals surface area contributed by atoms with E-state index in [4.69, 9.17) is 16.3 Å². The minimum absolute atomic E-state index is 0.564. The van der Waals surface area contributed by atoms with Gasteiger partial charge in [-0.2, -0.15) is 0 Å². The average Bonchev–Trinajstić information content (AvgIpc) is 2.29. The van der Waals surface area contributed by atoms with E-state index in [9.17, 15) is 0 Å². The zero-order valence-corrected chi connectivity index (χ0v) is 11.8. The molecule has 1 heterocycles. The Morgan fingerprint density at radius 3 is 2.35 bits per heavy atom. The number of benzene rings is 1. The summed E-state index contributed by atoms with van der Waals surface area (Å²) < 4.78 is 6.58. The molecule has 0 spiro atoms. The molecule has 0 aliphatic carbocycles. The molecule has 0 atom stereocenters. The van der Waals surface area contributed by atoms with Gasteiger partial charge in [-0.05, 0) is 59.1 Å². The number of hydrogen-bond acceptors (Lipinski definition) is 2. The van der Waals surface area contributed by atoms with Gasteiger partial charge in [-0.15, -0.1) is 0 Å². The van der Waals surface area contributed by atoms with Crippen molar-refractivity contribution in [2.75, 3.05) is 0 Å². The van der Waals surface area contributed by atoms with Gasteiger partial charge in [0.2, 0.25) is 5.88 Å². The van der Waals surface area contributed by atoms with Crippen LogP contribution in [0.15, 0.2) is 34.9 Å². The number of nitrogens with zero attached hydrogens (tertiary/aromatic N) is 1. The predicted molar refractivity (Wildman–Crippen MR) is 72.9 cm³/mol. The van der Waals surface area contributed by atoms with E-state index < -0.39 is 0 Å². The molecular weight excluding hydrogens is 302 g/mol. The number of rotatable bonds is 2. The molecule has 0 unspecified atom stereocenters. The average molecular weight is 313 g/mol. The van der Waals surface area contributed by atoms with Crippen molar-refractivity contribution >= 4 is 27.5 Å². The fourth-order valence-electron chi connectivity index (χ4n) is 1.51. The predicted octanol–water partition coefficient (Wildman–Crippen LogP) is 4.91. The molecular formula is C13H11BrClNO. The third-order valence-corrected chi connectivity index (χ3v) is 3.40. The van der Waals surface area contributed by atoms with Crippen LogP contribution in [-0.4, -0.2) is 4.98 Å². The Morgan fingerprint density at radius 2 is 1.82 bits per heavy atom. The van der Waals surface area contributed by atoms with Crippen LogP contribution < -0.4 is 4.74 Å². The van der Waals surface area contributed by atoms with Crippen molar-refractivity contribution in [2.24, 2.45) is 0 Å². The van der Waals surface area contributed by atoms with Gasteiger partial charge in [-0.1, -0.05) is 11.6 Å². The minimum atomic E-state index is 0.564. The second kappa shape index (κ2) is 5.07. The Bertz CT molecular complexity index is 517. The fourth-order valence-corrected chi connectivity index (χ4v) is 1.85. The highest BCUT2D eigenvalue weighted by Crippen LogP contribution is 2.28. The highest BCUT2D eigenvalue weighted by Gasteiger charge is 2.05. The van der Waals surface area contributed by atoms with Crippen molar-refractivity contribution in [3.63, 3.8) is 0 Å². The van der Waals surface area contributed by atoms with Crippen LogP contribution in [0.2, 0.25) is 5.02 Å². The molecule has 0 aliphatic heterocycles. The lowest BCUT2D eigenvalue weighted by atomic mass is 10.1. The topological polar surface area (TPSA) is 22.1 Å². The van der Waals surface area contributed by atoms with Gasteiger partial charge in [-0.3, -0.25) is 0 Å². The molecule has 0 aliphatic rings. The Balaban J connectivity index is 2.27. The minimum Gasteiger partial charge on any atom is -0.439 e. The van der Waals surface area contributed by atoms with Crippen molar-refractivity contribution < 1.29 is 4.74 Å². The van der Waals surface area contributed by atoms with Crippen LogP contribution in [0.1, 0.15) is 11.1 Å². The van der Waals surface area contributed by atoms with E-state index in [1.165, 1.54) is 0 Å². The van der Waals surface area contributed by atoms with Crippen LogP contribution >= 0.6 is 27.5 Å². The SMILES string of the molecule is Cc1cc(Oc2ccc(Br)cn2)cc(C)c1Cl. The van der Waals surface area contributed by atoms with Crippen LogP contribution in [0.4, 0.5) is 0 Å². The Labute approximate surface area is 114 Å². The lowest BCUT2D eigenvalue weighted by Gasteiger charge is -2.08. The number of pyridine rings is 1. The molecule has 1 aromatic carbocycles. The van der Waals surface area contributed by atoms with E-state index in [2.05, 4.69) is 20.9 Å². The lowest BCUT2D eigenvalue weighted by Crippen LogP contribution is -1.90. The molecule has 0 bridgehead atoms. The summed E-state index contributed by atoms with van der Waals surface area (Å²) in [6, 6.07) is 7.50. The first kappa shape index (κ1) is 12.4. The zero-order valence-electron chi connectivity index (χ0n) is 9.50. The molecule has 0 fully saturated rings. The summed E-state index contributed by atoms with van der Waals surface area (Å²) in [6.45, 7) is 3.91. The van der Waals surface area contributed by atoms with Crippen LogP contribution in [0.25, 0.3) is 0 Å². The smallest absolute Gasteiger partial charge is 0.219 e. The summed E-state index contributed by atoms with van der Waals surface area (Å²) in [7, 11) is 0. The van der Waals surface area contributed by atoms with Crippen LogP contribution in [0.3, 0.4) is 0 Å². The summed E-state index contributed by atoms with van der Waals surface area (Å²) in [5.41, 5.74) is 2.00. The standard InChI is InChI=1S/C13H11BrClNO/c1-8-5-11(6-9(2)13(8)15)17-12-4-3-10(14)7-16-12/h3-7H,1-2H3. The molecule has 2 rings (SSSR count). The Morgan fingerprint density at radius 1 is 1.18 bits per heavy atom. The van der Waals surface area contributed by atoms with E-state index in [1.807, 2.05) is 38.1 Å². The summed E-state index contributed by atoms with van der Waals surface area (Å²) >= 11 is 9.42.